The number of amides is 1. The zero-order chi connectivity index (χ0) is 15.2. The van der Waals surface area contributed by atoms with Crippen molar-refractivity contribution in [3.8, 4) is 0 Å². The fraction of sp³-hybridized carbons (Fsp3) is 0.615. The Labute approximate surface area is 134 Å². The van der Waals surface area contributed by atoms with Crippen LogP contribution in [0.5, 0.6) is 0 Å². The standard InChI is InChI=1S/C13H20N4O4.ClH/c1-2-21-12(18)10-7-15-17(8-10)5-3-11-9-16(13(19)20)6-4-14-11;/h7-8,11,14H,2-6,9H2,1H3,(H,19,20);1H/t11-;/m1./s1. The molecule has 1 amide bonds. The molecule has 22 heavy (non-hydrogen) atoms. The largest absolute Gasteiger partial charge is 0.465 e. The molecule has 1 aliphatic heterocycles. The maximum Gasteiger partial charge on any atom is 0.407 e. The number of carbonyl (C=O) groups excluding carboxylic acids is 1. The van der Waals surface area contributed by atoms with Gasteiger partial charge in [0.15, 0.2) is 0 Å². The van der Waals surface area contributed by atoms with Crippen LogP contribution in [0.25, 0.3) is 0 Å². The molecule has 1 saturated heterocycles. The smallest absolute Gasteiger partial charge is 0.407 e. The van der Waals surface area contributed by atoms with Crippen molar-refractivity contribution in [2.75, 3.05) is 26.2 Å². The molecule has 1 atom stereocenters. The SMILES string of the molecule is CCOC(=O)c1cnn(CC[C@@H]2CN(C(=O)O)CCN2)c1.Cl. The number of nitrogens with zero attached hydrogens (tertiary/aromatic N) is 3. The van der Waals surface area contributed by atoms with E-state index in [9.17, 15) is 9.59 Å². The van der Waals surface area contributed by atoms with E-state index in [-0.39, 0.29) is 24.4 Å². The highest BCUT2D eigenvalue weighted by molar-refractivity contribution is 5.88. The van der Waals surface area contributed by atoms with Crippen LogP contribution in [0.4, 0.5) is 4.79 Å². The predicted molar refractivity (Wildman–Crippen MR) is 81.4 cm³/mol. The van der Waals surface area contributed by atoms with E-state index in [0.29, 0.717) is 38.3 Å². The van der Waals surface area contributed by atoms with Crippen molar-refractivity contribution in [1.29, 1.82) is 0 Å². The van der Waals surface area contributed by atoms with Crippen LogP contribution < -0.4 is 5.32 Å². The third-order valence-electron chi connectivity index (χ3n) is 3.38. The van der Waals surface area contributed by atoms with E-state index < -0.39 is 6.09 Å². The Kier molecular flexibility index (Phi) is 7.13. The minimum absolute atomic E-state index is 0. The van der Waals surface area contributed by atoms with Gasteiger partial charge in [0, 0.05) is 38.4 Å². The van der Waals surface area contributed by atoms with E-state index in [1.165, 1.54) is 11.1 Å². The Morgan fingerprint density at radius 3 is 3.00 bits per heavy atom. The summed E-state index contributed by atoms with van der Waals surface area (Å²) in [5.41, 5.74) is 0.431. The number of aromatic nitrogens is 2. The molecule has 0 aliphatic carbocycles. The number of piperazine rings is 1. The molecule has 1 aliphatic rings. The lowest BCUT2D eigenvalue weighted by atomic mass is 10.1. The fourth-order valence-electron chi connectivity index (χ4n) is 2.29. The summed E-state index contributed by atoms with van der Waals surface area (Å²) in [6.45, 7) is 4.35. The molecule has 0 radical (unpaired) electrons. The molecule has 0 saturated carbocycles. The number of hydrogen-bond donors (Lipinski definition) is 2. The molecule has 2 N–H and O–H groups in total. The van der Waals surface area contributed by atoms with Gasteiger partial charge >= 0.3 is 12.1 Å². The van der Waals surface area contributed by atoms with Gasteiger partial charge in [-0.3, -0.25) is 4.68 Å². The van der Waals surface area contributed by atoms with Crippen LogP contribution in [-0.4, -0.2) is 64.1 Å². The number of carboxylic acid groups (broad SMARTS) is 1. The predicted octanol–water partition coefficient (Wildman–Crippen LogP) is 0.823. The van der Waals surface area contributed by atoms with Crippen LogP contribution >= 0.6 is 12.4 Å². The second-order valence-corrected chi connectivity index (χ2v) is 4.88. The average molecular weight is 333 g/mol. The maximum absolute atomic E-state index is 11.5. The lowest BCUT2D eigenvalue weighted by molar-refractivity contribution is 0.0526. The molecule has 0 bridgehead atoms. The van der Waals surface area contributed by atoms with Crippen molar-refractivity contribution in [3.05, 3.63) is 18.0 Å². The quantitative estimate of drug-likeness (QED) is 0.775. The van der Waals surface area contributed by atoms with Crippen LogP contribution in [0.3, 0.4) is 0 Å². The first-order valence-corrected chi connectivity index (χ1v) is 7.01. The van der Waals surface area contributed by atoms with Crippen molar-refractivity contribution in [1.82, 2.24) is 20.0 Å². The summed E-state index contributed by atoms with van der Waals surface area (Å²) in [7, 11) is 0. The number of aryl methyl sites for hydroxylation is 1. The topological polar surface area (TPSA) is 96.7 Å². The molecule has 0 spiro atoms. The summed E-state index contributed by atoms with van der Waals surface area (Å²) in [4.78, 5) is 23.9. The van der Waals surface area contributed by atoms with Crippen molar-refractivity contribution < 1.29 is 19.4 Å². The van der Waals surface area contributed by atoms with Gasteiger partial charge in [0.05, 0.1) is 18.4 Å². The summed E-state index contributed by atoms with van der Waals surface area (Å²) in [5, 5.41) is 16.4. The Morgan fingerprint density at radius 1 is 1.55 bits per heavy atom. The first kappa shape index (κ1) is 18.2. The summed E-state index contributed by atoms with van der Waals surface area (Å²) in [5.74, 6) is -0.378. The Morgan fingerprint density at radius 2 is 2.32 bits per heavy atom. The van der Waals surface area contributed by atoms with E-state index in [1.54, 1.807) is 17.8 Å². The van der Waals surface area contributed by atoms with Gasteiger partial charge in [-0.15, -0.1) is 12.4 Å². The molecular formula is C13H21ClN4O4. The zero-order valence-corrected chi connectivity index (χ0v) is 13.2. The minimum Gasteiger partial charge on any atom is -0.465 e. The van der Waals surface area contributed by atoms with Gasteiger partial charge in [-0.25, -0.2) is 9.59 Å². The number of ether oxygens (including phenoxy) is 1. The fourth-order valence-corrected chi connectivity index (χ4v) is 2.29. The first-order chi connectivity index (χ1) is 10.1. The van der Waals surface area contributed by atoms with Crippen molar-refractivity contribution >= 4 is 24.5 Å². The van der Waals surface area contributed by atoms with E-state index in [0.717, 1.165) is 6.42 Å². The zero-order valence-electron chi connectivity index (χ0n) is 12.4. The monoisotopic (exact) mass is 332 g/mol. The molecule has 1 aromatic heterocycles. The number of rotatable bonds is 5. The lowest BCUT2D eigenvalue weighted by Crippen LogP contribution is -2.52. The van der Waals surface area contributed by atoms with Crippen LogP contribution in [0.1, 0.15) is 23.7 Å². The Bertz CT molecular complexity index is 508. The van der Waals surface area contributed by atoms with Gasteiger partial charge in [-0.2, -0.15) is 5.10 Å². The van der Waals surface area contributed by atoms with Gasteiger partial charge in [-0.05, 0) is 13.3 Å². The number of nitrogens with one attached hydrogen (secondary N) is 1. The summed E-state index contributed by atoms with van der Waals surface area (Å²) in [6, 6.07) is 0.102. The van der Waals surface area contributed by atoms with Gasteiger partial charge in [0.1, 0.15) is 0 Å². The molecule has 0 unspecified atom stereocenters. The van der Waals surface area contributed by atoms with Crippen molar-refractivity contribution in [2.24, 2.45) is 0 Å². The van der Waals surface area contributed by atoms with E-state index >= 15 is 0 Å². The molecule has 9 heteroatoms. The maximum atomic E-state index is 11.5. The third kappa shape index (κ3) is 4.88. The number of halogens is 1. The lowest BCUT2D eigenvalue weighted by Gasteiger charge is -2.31. The van der Waals surface area contributed by atoms with Gasteiger partial charge in [-0.1, -0.05) is 0 Å². The molecular weight excluding hydrogens is 312 g/mol. The third-order valence-corrected chi connectivity index (χ3v) is 3.38. The van der Waals surface area contributed by atoms with Gasteiger partial charge < -0.3 is 20.1 Å². The molecule has 2 rings (SSSR count). The van der Waals surface area contributed by atoms with Crippen molar-refractivity contribution in [2.45, 2.75) is 25.9 Å². The molecule has 2 heterocycles. The normalized spacial score (nSPS) is 17.7. The Balaban J connectivity index is 0.00000242. The highest BCUT2D eigenvalue weighted by atomic mass is 35.5. The van der Waals surface area contributed by atoms with Crippen LogP contribution in [0.15, 0.2) is 12.4 Å². The van der Waals surface area contributed by atoms with Crippen molar-refractivity contribution in [3.63, 3.8) is 0 Å². The van der Waals surface area contributed by atoms with Crippen LogP contribution in [0.2, 0.25) is 0 Å². The van der Waals surface area contributed by atoms with Crippen LogP contribution in [-0.2, 0) is 11.3 Å². The number of carbonyl (C=O) groups is 2. The minimum atomic E-state index is -0.884. The molecule has 1 fully saturated rings. The second kappa shape index (κ2) is 8.60. The number of esters is 1. The summed E-state index contributed by atoms with van der Waals surface area (Å²) < 4.78 is 6.57. The summed E-state index contributed by atoms with van der Waals surface area (Å²) in [6.07, 6.45) is 2.99. The van der Waals surface area contributed by atoms with E-state index in [1.807, 2.05) is 0 Å². The van der Waals surface area contributed by atoms with Gasteiger partial charge in [0.2, 0.25) is 0 Å². The van der Waals surface area contributed by atoms with Gasteiger partial charge in [0.25, 0.3) is 0 Å². The highest BCUT2D eigenvalue weighted by Gasteiger charge is 2.22. The summed E-state index contributed by atoms with van der Waals surface area (Å²) >= 11 is 0. The molecule has 8 nitrogen and oxygen atoms in total. The first-order valence-electron chi connectivity index (χ1n) is 7.01. The van der Waals surface area contributed by atoms with E-state index in [2.05, 4.69) is 10.4 Å². The number of hydrogen-bond acceptors (Lipinski definition) is 5. The molecule has 1 aromatic rings. The Hall–Kier alpha value is -1.80. The molecule has 0 aromatic carbocycles. The van der Waals surface area contributed by atoms with Crippen LogP contribution in [0, 0.1) is 0 Å². The van der Waals surface area contributed by atoms with E-state index in [4.69, 9.17) is 9.84 Å². The highest BCUT2D eigenvalue weighted by Crippen LogP contribution is 2.06. The molecule has 124 valence electrons. The average Bonchev–Trinajstić information content (AvgIpc) is 2.95. The second-order valence-electron chi connectivity index (χ2n) is 4.88.